The zero-order valence-electron chi connectivity index (χ0n) is 5.40. The van der Waals surface area contributed by atoms with Gasteiger partial charge in [0.25, 0.3) is 0 Å². The highest BCUT2D eigenvalue weighted by Gasteiger charge is 2.07. The molecule has 1 rings (SSSR count). The first-order chi connectivity index (χ1) is 5.16. The van der Waals surface area contributed by atoms with E-state index in [1.807, 2.05) is 0 Å². The second kappa shape index (κ2) is 3.63. The molecule has 0 amide bonds. The monoisotopic (exact) mass is 209 g/mol. The topological polar surface area (TPSA) is 19.9 Å². The number of hydrogen-bond donors (Lipinski definition) is 0. The molecule has 59 valence electrons. The van der Waals surface area contributed by atoms with Crippen molar-refractivity contribution in [3.63, 3.8) is 0 Å². The Bertz CT molecular complexity index is 273. The molecule has 0 heterocycles. The average Bonchev–Trinajstić information content (AvgIpc) is 2.01. The second-order valence-corrected chi connectivity index (χ2v) is 3.14. The van der Waals surface area contributed by atoms with Gasteiger partial charge in [-0.2, -0.15) is 0 Å². The summed E-state index contributed by atoms with van der Waals surface area (Å²) in [4.78, 5) is 0. The van der Waals surface area contributed by atoms with Gasteiger partial charge in [-0.1, -0.05) is 40.9 Å². The van der Waals surface area contributed by atoms with Crippen LogP contribution in [0.1, 0.15) is 5.56 Å². The van der Waals surface area contributed by atoms with E-state index in [0.717, 1.165) is 0 Å². The van der Waals surface area contributed by atoms with Crippen LogP contribution in [0, 0.1) is 0 Å². The largest absolute Gasteiger partial charge is 0.232 e. The quantitative estimate of drug-likeness (QED) is 0.632. The Kier molecular flexibility index (Phi) is 3.02. The minimum Gasteiger partial charge on any atom is -0.232 e. The van der Waals surface area contributed by atoms with E-state index in [1.165, 1.54) is 0 Å². The lowest BCUT2D eigenvalue weighted by Gasteiger charge is -2.02. The highest BCUT2D eigenvalue weighted by Crippen LogP contribution is 2.32. The van der Waals surface area contributed by atoms with E-state index >= 15 is 0 Å². The van der Waals surface area contributed by atoms with Gasteiger partial charge in [-0.3, -0.25) is 0 Å². The van der Waals surface area contributed by atoms with Gasteiger partial charge in [0.15, 0.2) is 0 Å². The summed E-state index contributed by atoms with van der Waals surface area (Å²) in [5, 5.41) is 11.3. The Morgan fingerprint density at radius 3 is 2.27 bits per heavy atom. The lowest BCUT2D eigenvalue weighted by atomic mass is 10.2. The van der Waals surface area contributed by atoms with Crippen LogP contribution in [0.3, 0.4) is 0 Å². The van der Waals surface area contributed by atoms with E-state index in [0.29, 0.717) is 10.6 Å². The smallest absolute Gasteiger partial charge is 0.109 e. The fourth-order valence-electron chi connectivity index (χ4n) is 0.677. The zero-order valence-corrected chi connectivity index (χ0v) is 7.67. The van der Waals surface area contributed by atoms with Crippen LogP contribution in [0.15, 0.2) is 12.1 Å². The molecule has 0 N–H and O–H groups in total. The molecule has 1 radical (unpaired) electrons. The Balaban J connectivity index is 3.25. The van der Waals surface area contributed by atoms with E-state index in [2.05, 4.69) is 0 Å². The van der Waals surface area contributed by atoms with Crippen molar-refractivity contribution < 1.29 is 5.11 Å². The van der Waals surface area contributed by atoms with Crippen LogP contribution in [0.5, 0.6) is 0 Å². The maximum absolute atomic E-state index is 10.4. The van der Waals surface area contributed by atoms with Crippen molar-refractivity contribution in [2.75, 3.05) is 0 Å². The number of halogens is 3. The van der Waals surface area contributed by atoms with Crippen molar-refractivity contribution in [3.8, 4) is 0 Å². The summed E-state index contributed by atoms with van der Waals surface area (Å²) >= 11 is 17.0. The summed E-state index contributed by atoms with van der Waals surface area (Å²) in [5.41, 5.74) is 0.473. The normalized spacial score (nSPS) is 10.2. The molecule has 0 aliphatic carbocycles. The molecular weight excluding hydrogens is 206 g/mol. The van der Waals surface area contributed by atoms with E-state index in [9.17, 15) is 5.11 Å². The summed E-state index contributed by atoms with van der Waals surface area (Å²) in [6.45, 7) is -0.379. The lowest BCUT2D eigenvalue weighted by Crippen LogP contribution is -1.84. The molecule has 0 saturated carbocycles. The molecule has 0 fully saturated rings. The van der Waals surface area contributed by atoms with E-state index in [4.69, 9.17) is 34.8 Å². The fraction of sp³-hybridized carbons (Fsp3) is 0.143. The van der Waals surface area contributed by atoms with Gasteiger partial charge in [0.2, 0.25) is 0 Å². The maximum atomic E-state index is 10.4. The molecule has 4 heteroatoms. The van der Waals surface area contributed by atoms with Crippen LogP contribution in [-0.2, 0) is 11.7 Å². The van der Waals surface area contributed by atoms with Crippen molar-refractivity contribution in [1.29, 1.82) is 0 Å². The van der Waals surface area contributed by atoms with Crippen molar-refractivity contribution >= 4 is 34.8 Å². The Morgan fingerprint density at radius 2 is 1.73 bits per heavy atom. The van der Waals surface area contributed by atoms with Gasteiger partial charge in [0.1, 0.15) is 6.61 Å². The van der Waals surface area contributed by atoms with Gasteiger partial charge in [0.05, 0.1) is 15.1 Å². The van der Waals surface area contributed by atoms with E-state index in [-0.39, 0.29) is 16.7 Å². The third-order valence-corrected chi connectivity index (χ3v) is 2.60. The van der Waals surface area contributed by atoms with E-state index < -0.39 is 0 Å². The third kappa shape index (κ3) is 1.79. The average molecular weight is 210 g/mol. The first kappa shape index (κ1) is 9.14. The molecule has 1 aromatic carbocycles. The predicted molar refractivity (Wildman–Crippen MR) is 45.9 cm³/mol. The number of benzene rings is 1. The molecule has 0 unspecified atom stereocenters. The molecule has 1 aromatic rings. The summed E-state index contributed by atoms with van der Waals surface area (Å²) < 4.78 is 0. The molecule has 0 saturated heterocycles. The van der Waals surface area contributed by atoms with Crippen molar-refractivity contribution in [3.05, 3.63) is 32.8 Å². The van der Waals surface area contributed by atoms with Crippen molar-refractivity contribution in [2.45, 2.75) is 6.61 Å². The minimum atomic E-state index is -0.379. The first-order valence-electron chi connectivity index (χ1n) is 2.87. The van der Waals surface area contributed by atoms with Gasteiger partial charge in [-0.05, 0) is 6.07 Å². The molecular formula is C7H4Cl3O. The predicted octanol–water partition coefficient (Wildman–Crippen LogP) is 3.58. The van der Waals surface area contributed by atoms with Crippen LogP contribution in [0.2, 0.25) is 15.1 Å². The molecule has 0 atom stereocenters. The molecule has 1 nitrogen and oxygen atoms in total. The zero-order chi connectivity index (χ0) is 8.43. The highest BCUT2D eigenvalue weighted by atomic mass is 35.5. The van der Waals surface area contributed by atoms with Crippen molar-refractivity contribution in [1.82, 2.24) is 0 Å². The molecule has 0 spiro atoms. The number of hydrogen-bond acceptors (Lipinski definition) is 0. The second-order valence-electron chi connectivity index (χ2n) is 1.98. The van der Waals surface area contributed by atoms with Crippen LogP contribution >= 0.6 is 34.8 Å². The molecule has 0 aromatic heterocycles. The highest BCUT2D eigenvalue weighted by molar-refractivity contribution is 6.48. The van der Waals surface area contributed by atoms with Gasteiger partial charge in [-0.25, -0.2) is 5.11 Å². The maximum Gasteiger partial charge on any atom is 0.109 e. The van der Waals surface area contributed by atoms with Gasteiger partial charge in [0, 0.05) is 5.56 Å². The summed E-state index contributed by atoms with van der Waals surface area (Å²) in [6.07, 6.45) is 0. The Hall–Kier alpha value is 0.0500. The Labute approximate surface area is 79.5 Å². The molecule has 0 bridgehead atoms. The van der Waals surface area contributed by atoms with Crippen LogP contribution in [0.25, 0.3) is 0 Å². The van der Waals surface area contributed by atoms with E-state index in [1.54, 1.807) is 12.1 Å². The first-order valence-corrected chi connectivity index (χ1v) is 4.00. The van der Waals surface area contributed by atoms with Gasteiger partial charge in [-0.15, -0.1) is 0 Å². The van der Waals surface area contributed by atoms with Crippen LogP contribution in [0.4, 0.5) is 0 Å². The summed E-state index contributed by atoms with van der Waals surface area (Å²) in [5.74, 6) is 0. The SMILES string of the molecule is [O]Cc1ccc(Cl)c(Cl)c1Cl. The summed E-state index contributed by atoms with van der Waals surface area (Å²) in [7, 11) is 0. The minimum absolute atomic E-state index is 0.252. The summed E-state index contributed by atoms with van der Waals surface area (Å²) in [6, 6.07) is 3.13. The van der Waals surface area contributed by atoms with Gasteiger partial charge < -0.3 is 0 Å². The third-order valence-electron chi connectivity index (χ3n) is 1.27. The Morgan fingerprint density at radius 1 is 1.09 bits per heavy atom. The van der Waals surface area contributed by atoms with Crippen LogP contribution < -0.4 is 0 Å². The van der Waals surface area contributed by atoms with Gasteiger partial charge >= 0.3 is 0 Å². The lowest BCUT2D eigenvalue weighted by molar-refractivity contribution is 0.177. The van der Waals surface area contributed by atoms with Crippen molar-refractivity contribution in [2.24, 2.45) is 0 Å². The van der Waals surface area contributed by atoms with Crippen LogP contribution in [-0.4, -0.2) is 0 Å². The standard InChI is InChI=1S/C7H4Cl3O/c8-5-2-1-4(3-11)6(9)7(5)10/h1-2H,3H2. The molecule has 11 heavy (non-hydrogen) atoms. The fourth-order valence-corrected chi connectivity index (χ4v) is 1.29. The molecule has 0 aliphatic rings. The number of rotatable bonds is 1. The molecule has 0 aliphatic heterocycles.